The Hall–Kier alpha value is -8.02. The molecule has 0 atom stereocenters. The molecule has 0 amide bonds. The molecule has 0 saturated carbocycles. The summed E-state index contributed by atoms with van der Waals surface area (Å²) in [7, 11) is 0. The lowest BCUT2D eigenvalue weighted by Crippen LogP contribution is -2.59. The smallest absolute Gasteiger partial charge is 0.252 e. The van der Waals surface area contributed by atoms with Gasteiger partial charge in [0.25, 0.3) is 6.71 Å². The maximum atomic E-state index is 5.57. The molecule has 0 fully saturated rings. The molecule has 9 aromatic carbocycles. The molecule has 5 heterocycles. The Morgan fingerprint density at radius 3 is 1.25 bits per heavy atom. The van der Waals surface area contributed by atoms with E-state index >= 15 is 0 Å². The van der Waals surface area contributed by atoms with Gasteiger partial charge in [-0.25, -0.2) is 9.97 Å². The molecule has 14 rings (SSSR count). The summed E-state index contributed by atoms with van der Waals surface area (Å²) >= 11 is 0. The van der Waals surface area contributed by atoms with Gasteiger partial charge in [0.2, 0.25) is 0 Å². The minimum Gasteiger partial charge on any atom is -0.310 e. The van der Waals surface area contributed by atoms with Gasteiger partial charge in [-0.3, -0.25) is 0 Å². The molecule has 0 saturated heterocycles. The van der Waals surface area contributed by atoms with Crippen LogP contribution < -0.4 is 16.4 Å². The normalized spacial score (nSPS) is 13.4. The van der Waals surface area contributed by atoms with E-state index in [1.54, 1.807) is 0 Å². The van der Waals surface area contributed by atoms with Crippen molar-refractivity contribution in [3.8, 4) is 56.3 Å². The van der Waals surface area contributed by atoms with Crippen molar-refractivity contribution in [1.29, 1.82) is 0 Å². The van der Waals surface area contributed by atoms with Gasteiger partial charge in [-0.15, -0.1) is 0 Å². The van der Waals surface area contributed by atoms with Crippen LogP contribution in [0, 0.1) is 0 Å². The number of benzene rings is 9. The Bertz CT molecular complexity index is 4220. The minimum absolute atomic E-state index is 0.0445. The van der Waals surface area contributed by atoms with Crippen LogP contribution in [0.1, 0.15) is 105 Å². The summed E-state index contributed by atoms with van der Waals surface area (Å²) in [5.74, 6) is 0.711. The summed E-state index contributed by atoms with van der Waals surface area (Å²) in [6.07, 6.45) is 0. The lowest BCUT2D eigenvalue weighted by molar-refractivity contribution is 0.590. The molecule has 2 aliphatic heterocycles. The van der Waals surface area contributed by atoms with Gasteiger partial charge in [0.05, 0.1) is 22.2 Å². The van der Waals surface area contributed by atoms with Crippen molar-refractivity contribution in [3.05, 3.63) is 198 Å². The van der Waals surface area contributed by atoms with Crippen LogP contribution in [0.2, 0.25) is 0 Å². The highest BCUT2D eigenvalue weighted by atomic mass is 15.0. The van der Waals surface area contributed by atoms with E-state index in [4.69, 9.17) is 9.97 Å². The number of rotatable bonds is 4. The molecule has 0 bridgehead atoms. The maximum absolute atomic E-state index is 5.57. The van der Waals surface area contributed by atoms with Gasteiger partial charge in [-0.05, 0) is 137 Å². The highest BCUT2D eigenvalue weighted by Crippen LogP contribution is 2.45. The zero-order valence-electron chi connectivity index (χ0n) is 46.6. The van der Waals surface area contributed by atoms with Crippen molar-refractivity contribution in [1.82, 2.24) is 19.1 Å². The summed E-state index contributed by atoms with van der Waals surface area (Å²) in [5.41, 5.74) is 25.4. The Balaban J connectivity index is 1.15. The summed E-state index contributed by atoms with van der Waals surface area (Å²) in [6, 6.07) is 67.2. The second-order valence-corrected chi connectivity index (χ2v) is 26.4. The fourth-order valence-electron chi connectivity index (χ4n) is 12.8. The summed E-state index contributed by atoms with van der Waals surface area (Å²) < 4.78 is 5.22. The molecular weight excluding hydrogens is 932 g/mol. The summed E-state index contributed by atoms with van der Waals surface area (Å²) in [4.78, 5) is 11.0. The van der Waals surface area contributed by atoms with Crippen molar-refractivity contribution in [2.45, 2.75) is 105 Å². The van der Waals surface area contributed by atoms with E-state index < -0.39 is 0 Å². The van der Waals surface area contributed by atoms with E-state index in [1.165, 1.54) is 116 Å². The molecule has 376 valence electrons. The monoisotopic (exact) mass is 997 g/mol. The Morgan fingerprint density at radius 2 is 0.779 bits per heavy atom. The van der Waals surface area contributed by atoms with Gasteiger partial charge < -0.3 is 9.13 Å². The molecule has 77 heavy (non-hydrogen) atoms. The average Bonchev–Trinajstić information content (AvgIpc) is 4.01. The van der Waals surface area contributed by atoms with Crippen LogP contribution in [0.3, 0.4) is 0 Å². The maximum Gasteiger partial charge on any atom is 0.252 e. The Labute approximate surface area is 453 Å². The van der Waals surface area contributed by atoms with Gasteiger partial charge in [-0.1, -0.05) is 204 Å². The molecule has 0 spiro atoms. The SMILES string of the molecule is CC(C)(C)c1ccc(-c2cc3c4c(c2)c2cc(C(C)(C)C)ccc2n4-c2cc(-c4nc(-c5ccccc5)c5ccccc5n4)cc4c2B3c2cc(-c3ccc(C(C)(C)C)cc3)cc3c5cc(C(C)(C)C)ccc5n-4c23)cc1. The first-order chi connectivity index (χ1) is 36.7. The van der Waals surface area contributed by atoms with E-state index in [1.807, 2.05) is 0 Å². The first-order valence-corrected chi connectivity index (χ1v) is 27.7. The van der Waals surface area contributed by atoms with E-state index in [9.17, 15) is 0 Å². The van der Waals surface area contributed by atoms with Crippen molar-refractivity contribution < 1.29 is 0 Å². The average molecular weight is 997 g/mol. The second kappa shape index (κ2) is 16.3. The largest absolute Gasteiger partial charge is 0.310 e. The number of hydrogen-bond donors (Lipinski definition) is 0. The molecular formula is C72H65BN4. The van der Waals surface area contributed by atoms with Crippen molar-refractivity contribution in [2.24, 2.45) is 0 Å². The van der Waals surface area contributed by atoms with E-state index in [-0.39, 0.29) is 28.4 Å². The zero-order chi connectivity index (χ0) is 53.2. The lowest BCUT2D eigenvalue weighted by atomic mass is 9.34. The summed E-state index contributed by atoms with van der Waals surface area (Å²) in [5, 5.41) is 6.13. The highest BCUT2D eigenvalue weighted by Gasteiger charge is 2.42. The molecule has 0 unspecified atom stereocenters. The fraction of sp³-hybridized carbons (Fsp3) is 0.222. The lowest BCUT2D eigenvalue weighted by Gasteiger charge is -2.34. The van der Waals surface area contributed by atoms with Crippen molar-refractivity contribution >= 4 is 77.6 Å². The fourth-order valence-corrected chi connectivity index (χ4v) is 12.8. The third-order valence-corrected chi connectivity index (χ3v) is 17.1. The van der Waals surface area contributed by atoms with E-state index in [0.29, 0.717) is 5.82 Å². The predicted molar refractivity (Wildman–Crippen MR) is 329 cm³/mol. The predicted octanol–water partition coefficient (Wildman–Crippen LogP) is 16.8. The van der Waals surface area contributed by atoms with Crippen LogP contribution in [0.15, 0.2) is 176 Å². The first-order valence-electron chi connectivity index (χ1n) is 27.7. The van der Waals surface area contributed by atoms with Gasteiger partial charge >= 0.3 is 0 Å². The number of fused-ring (bicyclic) bond motifs is 11. The highest BCUT2D eigenvalue weighted by molar-refractivity contribution is 7.00. The molecule has 0 radical (unpaired) electrons. The second-order valence-electron chi connectivity index (χ2n) is 26.4. The van der Waals surface area contributed by atoms with Gasteiger partial charge in [-0.2, -0.15) is 0 Å². The van der Waals surface area contributed by atoms with Crippen LogP contribution in [-0.2, 0) is 21.7 Å². The molecule has 0 N–H and O–H groups in total. The Kier molecular flexibility index (Phi) is 10.0. The van der Waals surface area contributed by atoms with Gasteiger partial charge in [0, 0.05) is 60.5 Å². The van der Waals surface area contributed by atoms with E-state index in [2.05, 4.69) is 268 Å². The van der Waals surface area contributed by atoms with Crippen LogP contribution >= 0.6 is 0 Å². The first kappa shape index (κ1) is 47.4. The van der Waals surface area contributed by atoms with Crippen LogP contribution in [0.5, 0.6) is 0 Å². The number of nitrogens with zero attached hydrogens (tertiary/aromatic N) is 4. The molecule has 0 aliphatic carbocycles. The van der Waals surface area contributed by atoms with Crippen molar-refractivity contribution in [2.75, 3.05) is 0 Å². The van der Waals surface area contributed by atoms with Crippen LogP contribution in [0.4, 0.5) is 0 Å². The third-order valence-electron chi connectivity index (χ3n) is 17.1. The molecule has 4 nitrogen and oxygen atoms in total. The zero-order valence-corrected chi connectivity index (χ0v) is 46.6. The molecule has 12 aromatic rings. The van der Waals surface area contributed by atoms with Gasteiger partial charge in [0.1, 0.15) is 0 Å². The number of aromatic nitrogens is 4. The third kappa shape index (κ3) is 7.33. The topological polar surface area (TPSA) is 35.6 Å². The quantitative estimate of drug-likeness (QED) is 0.165. The summed E-state index contributed by atoms with van der Waals surface area (Å²) in [6.45, 7) is 27.7. The number of para-hydroxylation sites is 1. The van der Waals surface area contributed by atoms with Crippen LogP contribution in [0.25, 0.3) is 111 Å². The van der Waals surface area contributed by atoms with Crippen molar-refractivity contribution in [3.63, 3.8) is 0 Å². The number of hydrogen-bond acceptors (Lipinski definition) is 2. The van der Waals surface area contributed by atoms with Gasteiger partial charge in [0.15, 0.2) is 5.82 Å². The standard InChI is InChI=1S/C72H65BN4/c1-69(2,3)48-26-22-42(23-27-48)45-34-55-53-40-50(71(7,8)9)30-32-60(53)76-62-38-47(68-74-59-21-17-16-20-52(59)65(75-68)44-18-14-13-15-19-44)39-63-64(62)73(57(36-45)66(55)76)58-37-46(43-24-28-49(29-25-43)70(4,5)6)35-56-54-41-51(72(10,11)12)31-33-61(54)77(63)67(56)58/h13-41H,1-12H3. The van der Waals surface area contributed by atoms with E-state index in [0.717, 1.165) is 27.7 Å². The van der Waals surface area contributed by atoms with Crippen LogP contribution in [-0.4, -0.2) is 25.8 Å². The molecule has 3 aromatic heterocycles. The molecule has 5 heteroatoms. The Morgan fingerprint density at radius 1 is 0.338 bits per heavy atom. The molecule has 2 aliphatic rings. The minimum atomic E-state index is -0.100.